The Morgan fingerprint density at radius 3 is 1.12 bits per heavy atom. The van der Waals surface area contributed by atoms with Crippen LogP contribution in [0.5, 0.6) is 0 Å². The summed E-state index contributed by atoms with van der Waals surface area (Å²) >= 11 is -0.417. The van der Waals surface area contributed by atoms with Crippen LogP contribution in [0.2, 0.25) is 0 Å². The monoisotopic (exact) mass is 155 g/mol. The summed E-state index contributed by atoms with van der Waals surface area (Å²) < 4.78 is 16.5. The van der Waals surface area contributed by atoms with Gasteiger partial charge in [0.2, 0.25) is 0 Å². The number of rotatable bonds is 0. The van der Waals surface area contributed by atoms with E-state index in [0.717, 1.165) is 0 Å². The second-order valence-corrected chi connectivity index (χ2v) is 0.278. The third-order valence-corrected chi connectivity index (χ3v) is 0. The van der Waals surface area contributed by atoms with E-state index in [1.165, 1.54) is 4.91 Å². The average Bonchev–Trinajstić information content (AvgIpc) is 1.39. The third kappa shape index (κ3) is 138. The first-order valence-corrected chi connectivity index (χ1v) is 1.33. The molecule has 0 bridgehead atoms. The summed E-state index contributed by atoms with van der Waals surface area (Å²) in [6, 6.07) is 0. The van der Waals surface area contributed by atoms with E-state index in [2.05, 4.69) is 0 Å². The average molecular weight is 155 g/mol. The van der Waals surface area contributed by atoms with Crippen molar-refractivity contribution in [2.75, 3.05) is 0 Å². The zero-order valence-corrected chi connectivity index (χ0v) is 9.29. The van der Waals surface area contributed by atoms with Crippen molar-refractivity contribution in [3.05, 3.63) is 16.0 Å². The maximum Gasteiger partial charge on any atom is 1.00 e. The molecule has 0 aromatic rings. The molecule has 0 heterocycles. The number of nitrogens with zero attached hydrogens (tertiary/aromatic N) is 3. The van der Waals surface area contributed by atoms with Crippen molar-refractivity contribution in [3.8, 4) is 0 Å². The van der Waals surface area contributed by atoms with Crippen molar-refractivity contribution in [2.45, 2.75) is 0 Å². The van der Waals surface area contributed by atoms with Gasteiger partial charge in [-0.2, -0.15) is 0 Å². The van der Waals surface area contributed by atoms with Gasteiger partial charge in [-0.3, -0.25) is 4.91 Å². The van der Waals surface area contributed by atoms with Gasteiger partial charge < -0.3 is 20.4 Å². The van der Waals surface area contributed by atoms with Crippen LogP contribution < -0.4 is 68.4 Å². The molecule has 0 rings (SSSR count). The summed E-state index contributed by atoms with van der Waals surface area (Å²) in [6.07, 6.45) is 0. The predicted molar refractivity (Wildman–Crippen MR) is 10.1 cm³/mol. The molecule has 0 amide bonds. The fourth-order valence-electron chi connectivity index (χ4n) is 0. The maximum atomic E-state index is 8.24. The molecular weight excluding hydrogens is 155 g/mol. The summed E-state index contributed by atoms with van der Waals surface area (Å²) in [5.74, 6) is 0. The Bertz CT molecular complexity index is 44.5. The van der Waals surface area contributed by atoms with Crippen molar-refractivity contribution in [3.63, 3.8) is 0 Å². The first-order valence-electron chi connectivity index (χ1n) is 0.709. The molecule has 0 aliphatic carbocycles. The molecule has 0 unspecified atom stereocenters. The molecule has 8 heteroatoms. The standard InChI is InChI=1S/ClO2.N3.2Na/c2-1-3;1-3-2;;/q2*-1;2*+1. The van der Waals surface area contributed by atoms with Crippen LogP contribution in [0.15, 0.2) is 0 Å². The van der Waals surface area contributed by atoms with Gasteiger partial charge in [0.05, 0.1) is 11.3 Å². The summed E-state index contributed by atoms with van der Waals surface area (Å²) in [5.41, 5.74) is 13.5. The van der Waals surface area contributed by atoms with E-state index in [9.17, 15) is 0 Å². The Kier molecular flexibility index (Phi) is 110. The van der Waals surface area contributed by atoms with Gasteiger partial charge in [0.1, 0.15) is 0 Å². The van der Waals surface area contributed by atoms with Gasteiger partial charge in [-0.05, 0) is 0 Å². The molecule has 0 aromatic heterocycles. The van der Waals surface area contributed by atoms with Crippen LogP contribution in [0.25, 0.3) is 16.0 Å². The SMILES string of the molecule is [N-]=[N+]=[N-].[Na+].[Na+].[O-][Cl+][O-]. The molecule has 0 aliphatic heterocycles. The van der Waals surface area contributed by atoms with Crippen LogP contribution in [0.1, 0.15) is 0 Å². The summed E-state index contributed by atoms with van der Waals surface area (Å²) in [6.45, 7) is 0. The van der Waals surface area contributed by atoms with Crippen LogP contribution in [-0.4, -0.2) is 0 Å². The van der Waals surface area contributed by atoms with Gasteiger partial charge in [0.25, 0.3) is 0 Å². The molecule has 0 saturated carbocycles. The van der Waals surface area contributed by atoms with Gasteiger partial charge in [-0.15, -0.1) is 0 Å². The van der Waals surface area contributed by atoms with Crippen molar-refractivity contribution >= 4 is 0 Å². The molecule has 0 spiro atoms. The normalized spacial score (nSPS) is 3.25. The zero-order valence-electron chi connectivity index (χ0n) is 4.54. The van der Waals surface area contributed by atoms with Crippen LogP contribution in [0, 0.1) is 11.3 Å². The van der Waals surface area contributed by atoms with Gasteiger partial charge in [0, 0.05) is 0 Å². The minimum Gasteiger partial charge on any atom is -0.544 e. The second kappa shape index (κ2) is 38.9. The Balaban J connectivity index is -0.0000000160. The van der Waals surface area contributed by atoms with Crippen LogP contribution in [-0.2, 0) is 0 Å². The summed E-state index contributed by atoms with van der Waals surface area (Å²) in [5, 5.41) is 0. The van der Waals surface area contributed by atoms with Crippen LogP contribution >= 0.6 is 0 Å². The minimum absolute atomic E-state index is 0. The first kappa shape index (κ1) is 22.7. The molecule has 8 heavy (non-hydrogen) atoms. The van der Waals surface area contributed by atoms with Crippen molar-refractivity contribution in [1.82, 2.24) is 0 Å². The topological polar surface area (TPSA) is 105 Å². The molecule has 0 saturated heterocycles. The molecule has 0 fully saturated rings. The molecule has 0 atom stereocenters. The van der Waals surface area contributed by atoms with Gasteiger partial charge in [0.15, 0.2) is 0 Å². The fourth-order valence-corrected chi connectivity index (χ4v) is 0. The van der Waals surface area contributed by atoms with Gasteiger partial charge in [-0.1, -0.05) is 0 Å². The molecule has 36 valence electrons. The Hall–Kier alpha value is 1.52. The summed E-state index contributed by atoms with van der Waals surface area (Å²) in [7, 11) is 0. The number of halogens is 1. The second-order valence-electron chi connectivity index (χ2n) is 0.152. The van der Waals surface area contributed by atoms with E-state index < -0.39 is 11.3 Å². The van der Waals surface area contributed by atoms with Gasteiger partial charge >= 0.3 is 59.1 Å². The molecule has 0 aliphatic rings. The van der Waals surface area contributed by atoms with Crippen LogP contribution in [0.3, 0.4) is 0 Å². The molecule has 0 aromatic carbocycles. The van der Waals surface area contributed by atoms with Gasteiger partial charge in [-0.25, -0.2) is 0 Å². The molecular formula is ClN3Na2O2. The Morgan fingerprint density at radius 1 is 1.12 bits per heavy atom. The molecule has 5 nitrogen and oxygen atoms in total. The minimum atomic E-state index is -0.417. The van der Waals surface area contributed by atoms with E-state index in [1.807, 2.05) is 0 Å². The Morgan fingerprint density at radius 2 is 1.12 bits per heavy atom. The number of hydrogen-bond acceptors (Lipinski definition) is 2. The smallest absolute Gasteiger partial charge is 0.544 e. The van der Waals surface area contributed by atoms with E-state index in [1.54, 1.807) is 0 Å². The zero-order chi connectivity index (χ0) is 5.41. The van der Waals surface area contributed by atoms with Crippen molar-refractivity contribution in [2.24, 2.45) is 0 Å². The maximum absolute atomic E-state index is 8.24. The van der Waals surface area contributed by atoms with Crippen molar-refractivity contribution in [1.29, 1.82) is 0 Å². The van der Waals surface area contributed by atoms with E-state index in [-0.39, 0.29) is 59.1 Å². The van der Waals surface area contributed by atoms with E-state index in [4.69, 9.17) is 20.4 Å². The Labute approximate surface area is 94.5 Å². The third-order valence-electron chi connectivity index (χ3n) is 0. The fraction of sp³-hybridized carbons (Fsp3) is 0. The van der Waals surface area contributed by atoms with E-state index >= 15 is 0 Å². The van der Waals surface area contributed by atoms with E-state index in [0.29, 0.717) is 0 Å². The quantitative estimate of drug-likeness (QED) is 0.150. The predicted octanol–water partition coefficient (Wildman–Crippen LogP) is -7.50. The van der Waals surface area contributed by atoms with Crippen molar-refractivity contribution < 1.29 is 79.8 Å². The first-order chi connectivity index (χ1) is 2.83. The number of hydrogen-bond donors (Lipinski definition) is 0. The van der Waals surface area contributed by atoms with Crippen LogP contribution in [0.4, 0.5) is 0 Å². The molecule has 0 N–H and O–H groups in total. The summed E-state index contributed by atoms with van der Waals surface area (Å²) in [4.78, 5) is 1.50. The largest absolute Gasteiger partial charge is 1.00 e. The molecule has 0 radical (unpaired) electrons.